The third-order valence-corrected chi connectivity index (χ3v) is 5.03. The Bertz CT molecular complexity index is 858. The molecule has 0 aliphatic carbocycles. The molecule has 0 aliphatic rings. The monoisotopic (exact) mass is 398 g/mol. The van der Waals surface area contributed by atoms with E-state index in [4.69, 9.17) is 4.74 Å². The van der Waals surface area contributed by atoms with E-state index in [1.807, 2.05) is 26.0 Å². The zero-order valence-corrected chi connectivity index (χ0v) is 19.1. The number of carbonyl (C=O) groups excluding carboxylic acids is 1. The average Bonchev–Trinajstić information content (AvgIpc) is 2.50. The first-order valence-electron chi connectivity index (χ1n) is 9.98. The van der Waals surface area contributed by atoms with Crippen LogP contribution in [0.1, 0.15) is 88.0 Å². The SMILES string of the molecule is CC(=O)OC(c1c(O)cc(C)cc1C(C)(C)C)c1c(O)cc(C)cc1C(C)(C)C. The minimum Gasteiger partial charge on any atom is -0.507 e. The maximum atomic E-state index is 12.1. The molecule has 158 valence electrons. The number of ether oxygens (including phenoxy) is 1. The summed E-state index contributed by atoms with van der Waals surface area (Å²) in [5, 5.41) is 21.9. The van der Waals surface area contributed by atoms with Crippen LogP contribution in [0.2, 0.25) is 0 Å². The molecule has 4 nitrogen and oxygen atoms in total. The summed E-state index contributed by atoms with van der Waals surface area (Å²) in [5.74, 6) is -0.364. The first-order chi connectivity index (χ1) is 13.1. The number of esters is 1. The van der Waals surface area contributed by atoms with Crippen LogP contribution in [0.25, 0.3) is 0 Å². The number of phenolic OH excluding ortho intramolecular Hbond substituents is 2. The molecule has 2 aromatic carbocycles. The lowest BCUT2D eigenvalue weighted by Gasteiger charge is -2.32. The number of aryl methyl sites for hydroxylation is 2. The fourth-order valence-corrected chi connectivity index (χ4v) is 3.78. The second-order valence-electron chi connectivity index (χ2n) is 9.98. The zero-order chi connectivity index (χ0) is 22.3. The van der Waals surface area contributed by atoms with E-state index in [-0.39, 0.29) is 22.3 Å². The van der Waals surface area contributed by atoms with Gasteiger partial charge in [-0.3, -0.25) is 4.79 Å². The molecule has 0 unspecified atom stereocenters. The van der Waals surface area contributed by atoms with Crippen LogP contribution in [-0.2, 0) is 20.4 Å². The van der Waals surface area contributed by atoms with Crippen LogP contribution in [0.5, 0.6) is 11.5 Å². The molecule has 4 heteroatoms. The van der Waals surface area contributed by atoms with Gasteiger partial charge in [-0.05, 0) is 59.1 Å². The van der Waals surface area contributed by atoms with E-state index in [0.717, 1.165) is 22.3 Å². The van der Waals surface area contributed by atoms with Gasteiger partial charge in [-0.25, -0.2) is 0 Å². The van der Waals surface area contributed by atoms with Crippen LogP contribution in [0.4, 0.5) is 0 Å². The highest BCUT2D eigenvalue weighted by Crippen LogP contribution is 2.46. The summed E-state index contributed by atoms with van der Waals surface area (Å²) in [5.41, 5.74) is 4.01. The second kappa shape index (κ2) is 7.74. The third-order valence-electron chi connectivity index (χ3n) is 5.03. The van der Waals surface area contributed by atoms with Crippen molar-refractivity contribution >= 4 is 5.97 Å². The third kappa shape index (κ3) is 4.92. The Morgan fingerprint density at radius 2 is 1.14 bits per heavy atom. The van der Waals surface area contributed by atoms with Gasteiger partial charge >= 0.3 is 5.97 Å². The maximum absolute atomic E-state index is 12.1. The van der Waals surface area contributed by atoms with Crippen molar-refractivity contribution in [2.24, 2.45) is 0 Å². The van der Waals surface area contributed by atoms with Gasteiger partial charge in [0.2, 0.25) is 0 Å². The van der Waals surface area contributed by atoms with Crippen molar-refractivity contribution in [3.63, 3.8) is 0 Å². The van der Waals surface area contributed by atoms with Gasteiger partial charge in [0.25, 0.3) is 0 Å². The number of hydrogen-bond acceptors (Lipinski definition) is 4. The molecule has 0 spiro atoms. The molecule has 0 aliphatic heterocycles. The van der Waals surface area contributed by atoms with E-state index in [2.05, 4.69) is 41.5 Å². The average molecular weight is 399 g/mol. The zero-order valence-electron chi connectivity index (χ0n) is 19.1. The summed E-state index contributed by atoms with van der Waals surface area (Å²) in [6.45, 7) is 17.5. The quantitative estimate of drug-likeness (QED) is 0.626. The first-order valence-corrected chi connectivity index (χ1v) is 9.98. The van der Waals surface area contributed by atoms with Crippen molar-refractivity contribution in [2.75, 3.05) is 0 Å². The van der Waals surface area contributed by atoms with Gasteiger partial charge in [-0.15, -0.1) is 0 Å². The number of benzene rings is 2. The molecule has 0 amide bonds. The Labute approximate surface area is 174 Å². The summed E-state index contributed by atoms with van der Waals surface area (Å²) in [7, 11) is 0. The molecule has 0 bridgehead atoms. The van der Waals surface area contributed by atoms with Crippen LogP contribution < -0.4 is 0 Å². The van der Waals surface area contributed by atoms with E-state index in [1.54, 1.807) is 12.1 Å². The lowest BCUT2D eigenvalue weighted by Crippen LogP contribution is -2.23. The van der Waals surface area contributed by atoms with E-state index < -0.39 is 12.1 Å². The van der Waals surface area contributed by atoms with Crippen molar-refractivity contribution in [3.05, 3.63) is 57.6 Å². The van der Waals surface area contributed by atoms with Crippen LogP contribution in [0.3, 0.4) is 0 Å². The Morgan fingerprint density at radius 3 is 1.41 bits per heavy atom. The van der Waals surface area contributed by atoms with Gasteiger partial charge in [0.05, 0.1) is 0 Å². The Hall–Kier alpha value is -2.49. The Morgan fingerprint density at radius 1 is 0.793 bits per heavy atom. The summed E-state index contributed by atoms with van der Waals surface area (Å²) in [6, 6.07) is 7.35. The highest BCUT2D eigenvalue weighted by atomic mass is 16.5. The number of hydrogen-bond donors (Lipinski definition) is 2. The molecule has 0 atom stereocenters. The van der Waals surface area contributed by atoms with E-state index >= 15 is 0 Å². The minimum atomic E-state index is -0.919. The van der Waals surface area contributed by atoms with Crippen LogP contribution in [0, 0.1) is 13.8 Å². The molecule has 0 saturated heterocycles. The number of rotatable bonds is 3. The minimum absolute atomic E-state index is 0.0565. The highest BCUT2D eigenvalue weighted by Gasteiger charge is 2.34. The fourth-order valence-electron chi connectivity index (χ4n) is 3.78. The van der Waals surface area contributed by atoms with Crippen molar-refractivity contribution in [1.29, 1.82) is 0 Å². The Balaban J connectivity index is 2.96. The van der Waals surface area contributed by atoms with Gasteiger partial charge < -0.3 is 14.9 Å². The topological polar surface area (TPSA) is 66.8 Å². The molecule has 0 saturated carbocycles. The molecule has 0 fully saturated rings. The van der Waals surface area contributed by atoms with E-state index in [9.17, 15) is 15.0 Å². The predicted molar refractivity (Wildman–Crippen MR) is 117 cm³/mol. The molecule has 2 aromatic rings. The standard InChI is InChI=1S/C25H34O4/c1-14-10-17(24(4,5)6)21(19(27)12-14)23(29-16(3)26)22-18(25(7,8)9)11-15(2)13-20(22)28/h10-13,23,27-28H,1-9H3. The molecule has 2 N–H and O–H groups in total. The van der Waals surface area contributed by atoms with Crippen molar-refractivity contribution in [3.8, 4) is 11.5 Å². The second-order valence-corrected chi connectivity index (χ2v) is 9.98. The largest absolute Gasteiger partial charge is 0.507 e. The number of carbonyl (C=O) groups is 1. The van der Waals surface area contributed by atoms with Gasteiger partial charge in [-0.2, -0.15) is 0 Å². The predicted octanol–water partition coefficient (Wildman–Crippen LogP) is 5.96. The molecule has 29 heavy (non-hydrogen) atoms. The van der Waals surface area contributed by atoms with Crippen molar-refractivity contribution in [2.45, 2.75) is 79.2 Å². The summed E-state index contributed by atoms with van der Waals surface area (Å²) in [4.78, 5) is 12.1. The number of phenols is 2. The summed E-state index contributed by atoms with van der Waals surface area (Å²) in [6.07, 6.45) is -0.919. The van der Waals surface area contributed by atoms with Gasteiger partial charge in [0, 0.05) is 18.1 Å². The fraction of sp³-hybridized carbons (Fsp3) is 0.480. The molecular formula is C25H34O4. The summed E-state index contributed by atoms with van der Waals surface area (Å²) >= 11 is 0. The van der Waals surface area contributed by atoms with E-state index in [1.165, 1.54) is 6.92 Å². The molecule has 2 rings (SSSR count). The molecule has 0 aromatic heterocycles. The van der Waals surface area contributed by atoms with Crippen molar-refractivity contribution in [1.82, 2.24) is 0 Å². The lowest BCUT2D eigenvalue weighted by atomic mass is 9.76. The van der Waals surface area contributed by atoms with Gasteiger partial charge in [0.15, 0.2) is 6.10 Å². The first kappa shape index (κ1) is 22.8. The van der Waals surface area contributed by atoms with Crippen LogP contribution >= 0.6 is 0 Å². The van der Waals surface area contributed by atoms with Gasteiger partial charge in [0.1, 0.15) is 11.5 Å². The summed E-state index contributed by atoms with van der Waals surface area (Å²) < 4.78 is 5.78. The maximum Gasteiger partial charge on any atom is 0.303 e. The van der Waals surface area contributed by atoms with E-state index in [0.29, 0.717) is 11.1 Å². The van der Waals surface area contributed by atoms with Crippen LogP contribution in [0.15, 0.2) is 24.3 Å². The smallest absolute Gasteiger partial charge is 0.303 e. The Kier molecular flexibility index (Phi) is 6.08. The highest BCUT2D eigenvalue weighted by molar-refractivity contribution is 5.68. The number of aromatic hydroxyl groups is 2. The molecular weight excluding hydrogens is 364 g/mol. The molecule has 0 heterocycles. The van der Waals surface area contributed by atoms with Crippen molar-refractivity contribution < 1.29 is 19.7 Å². The van der Waals surface area contributed by atoms with Gasteiger partial charge in [-0.1, -0.05) is 53.7 Å². The molecule has 0 radical (unpaired) electrons. The normalized spacial score (nSPS) is 12.3. The lowest BCUT2D eigenvalue weighted by molar-refractivity contribution is -0.144. The van der Waals surface area contributed by atoms with Crippen LogP contribution in [-0.4, -0.2) is 16.2 Å².